The van der Waals surface area contributed by atoms with E-state index in [-0.39, 0.29) is 5.25 Å². The molecule has 1 aliphatic carbocycles. The molecule has 0 amide bonds. The van der Waals surface area contributed by atoms with Gasteiger partial charge in [0.25, 0.3) is 0 Å². The zero-order valence-electron chi connectivity index (χ0n) is 9.08. The Labute approximate surface area is 86.8 Å². The molecular weight excluding hydrogens is 196 g/mol. The molecule has 1 heterocycles. The van der Waals surface area contributed by atoms with Crippen molar-refractivity contribution in [1.82, 2.24) is 4.90 Å². The zero-order chi connectivity index (χ0) is 10.4. The van der Waals surface area contributed by atoms with Crippen molar-refractivity contribution in [3.05, 3.63) is 0 Å². The van der Waals surface area contributed by atoms with Crippen LogP contribution in [0.4, 0.5) is 0 Å². The second kappa shape index (κ2) is 3.20. The lowest BCUT2D eigenvalue weighted by Crippen LogP contribution is -2.50. The Bertz CT molecular complexity index is 307. The predicted octanol–water partition coefficient (Wildman–Crippen LogP) is 1.54. The van der Waals surface area contributed by atoms with Crippen LogP contribution < -0.4 is 0 Å². The normalized spacial score (nSPS) is 32.4. The SMILES string of the molecule is CN1CCC2(CC1)CC(S(C)(=N)=O)C2. The second-order valence-electron chi connectivity index (χ2n) is 5.24. The van der Waals surface area contributed by atoms with Crippen molar-refractivity contribution in [3.63, 3.8) is 0 Å². The number of hydrogen-bond acceptors (Lipinski definition) is 3. The average Bonchev–Trinajstić information content (AvgIpc) is 2.00. The summed E-state index contributed by atoms with van der Waals surface area (Å²) in [6.45, 7) is 2.35. The highest BCUT2D eigenvalue weighted by Crippen LogP contribution is 2.51. The number of rotatable bonds is 1. The van der Waals surface area contributed by atoms with Crippen LogP contribution in [0.3, 0.4) is 0 Å². The monoisotopic (exact) mass is 216 g/mol. The Kier molecular flexibility index (Phi) is 2.39. The molecule has 1 atom stereocenters. The Morgan fingerprint density at radius 1 is 1.36 bits per heavy atom. The van der Waals surface area contributed by atoms with E-state index in [1.54, 1.807) is 6.26 Å². The Morgan fingerprint density at radius 3 is 2.29 bits per heavy atom. The first-order chi connectivity index (χ1) is 6.41. The lowest BCUT2D eigenvalue weighted by atomic mass is 9.63. The molecular formula is C10H20N2OS. The summed E-state index contributed by atoms with van der Waals surface area (Å²) in [5.41, 5.74) is 0.469. The minimum Gasteiger partial charge on any atom is -0.306 e. The number of hydrogen-bond donors (Lipinski definition) is 1. The van der Waals surface area contributed by atoms with Gasteiger partial charge in [0.2, 0.25) is 0 Å². The van der Waals surface area contributed by atoms with Crippen molar-refractivity contribution < 1.29 is 4.21 Å². The van der Waals surface area contributed by atoms with Crippen molar-refractivity contribution in [2.75, 3.05) is 26.4 Å². The van der Waals surface area contributed by atoms with Crippen molar-refractivity contribution in [1.29, 1.82) is 4.78 Å². The Morgan fingerprint density at radius 2 is 1.86 bits per heavy atom. The molecule has 1 N–H and O–H groups in total. The van der Waals surface area contributed by atoms with E-state index in [1.807, 2.05) is 0 Å². The molecule has 82 valence electrons. The van der Waals surface area contributed by atoms with Crippen LogP contribution in [0.15, 0.2) is 0 Å². The summed E-state index contributed by atoms with van der Waals surface area (Å²) in [4.78, 5) is 2.36. The number of piperidine rings is 1. The molecule has 1 saturated carbocycles. The zero-order valence-corrected chi connectivity index (χ0v) is 9.90. The maximum atomic E-state index is 11.5. The average molecular weight is 216 g/mol. The maximum Gasteiger partial charge on any atom is 0.0441 e. The molecule has 2 rings (SSSR count). The lowest BCUT2D eigenvalue weighted by molar-refractivity contribution is 0.0474. The van der Waals surface area contributed by atoms with E-state index >= 15 is 0 Å². The summed E-state index contributed by atoms with van der Waals surface area (Å²) in [5, 5.41) is 0.186. The molecule has 1 saturated heterocycles. The van der Waals surface area contributed by atoms with E-state index in [2.05, 4.69) is 11.9 Å². The molecule has 1 aliphatic heterocycles. The van der Waals surface area contributed by atoms with Gasteiger partial charge in [-0.2, -0.15) is 0 Å². The summed E-state index contributed by atoms with van der Waals surface area (Å²) < 4.78 is 19.1. The molecule has 3 nitrogen and oxygen atoms in total. The van der Waals surface area contributed by atoms with E-state index in [0.717, 1.165) is 12.8 Å². The van der Waals surface area contributed by atoms with E-state index in [1.165, 1.54) is 25.9 Å². The number of nitrogens with zero attached hydrogens (tertiary/aromatic N) is 1. The third-order valence-electron chi connectivity index (χ3n) is 4.01. The lowest BCUT2D eigenvalue weighted by Gasteiger charge is -2.51. The van der Waals surface area contributed by atoms with Crippen molar-refractivity contribution in [2.24, 2.45) is 5.41 Å². The van der Waals surface area contributed by atoms with Gasteiger partial charge in [0.05, 0.1) is 0 Å². The van der Waals surface area contributed by atoms with Crippen LogP contribution in [0.1, 0.15) is 25.7 Å². The van der Waals surface area contributed by atoms with Crippen LogP contribution in [-0.4, -0.2) is 40.8 Å². The van der Waals surface area contributed by atoms with E-state index < -0.39 is 9.73 Å². The quantitative estimate of drug-likeness (QED) is 0.722. The van der Waals surface area contributed by atoms with Gasteiger partial charge in [0, 0.05) is 21.2 Å². The van der Waals surface area contributed by atoms with Crippen molar-refractivity contribution in [3.8, 4) is 0 Å². The molecule has 2 fully saturated rings. The molecule has 2 aliphatic rings. The molecule has 1 unspecified atom stereocenters. The summed E-state index contributed by atoms with van der Waals surface area (Å²) >= 11 is 0. The van der Waals surface area contributed by atoms with Gasteiger partial charge < -0.3 is 4.90 Å². The first-order valence-electron chi connectivity index (χ1n) is 5.33. The highest BCUT2D eigenvalue weighted by molar-refractivity contribution is 7.92. The summed E-state index contributed by atoms with van der Waals surface area (Å²) in [6, 6.07) is 0. The number of likely N-dealkylation sites (tertiary alicyclic amines) is 1. The van der Waals surface area contributed by atoms with E-state index in [0.29, 0.717) is 5.41 Å². The molecule has 0 aromatic carbocycles. The van der Waals surface area contributed by atoms with Crippen molar-refractivity contribution in [2.45, 2.75) is 30.9 Å². The summed E-state index contributed by atoms with van der Waals surface area (Å²) in [5.74, 6) is 0. The van der Waals surface area contributed by atoms with Gasteiger partial charge in [-0.05, 0) is 51.2 Å². The van der Waals surface area contributed by atoms with Gasteiger partial charge in [-0.15, -0.1) is 0 Å². The van der Waals surface area contributed by atoms with Crippen molar-refractivity contribution >= 4 is 9.73 Å². The van der Waals surface area contributed by atoms with Gasteiger partial charge in [-0.3, -0.25) is 4.78 Å². The van der Waals surface area contributed by atoms with Crippen LogP contribution >= 0.6 is 0 Å². The van der Waals surface area contributed by atoms with Gasteiger partial charge >= 0.3 is 0 Å². The van der Waals surface area contributed by atoms with Crippen LogP contribution in [0.5, 0.6) is 0 Å². The highest BCUT2D eigenvalue weighted by atomic mass is 32.2. The molecule has 0 aromatic heterocycles. The van der Waals surface area contributed by atoms with Crippen LogP contribution in [0.2, 0.25) is 0 Å². The topological polar surface area (TPSA) is 44.2 Å². The highest BCUT2D eigenvalue weighted by Gasteiger charge is 2.47. The molecule has 14 heavy (non-hydrogen) atoms. The number of nitrogens with one attached hydrogen (secondary N) is 1. The fraction of sp³-hybridized carbons (Fsp3) is 1.00. The summed E-state index contributed by atoms with van der Waals surface area (Å²) in [6.07, 6.45) is 6.17. The molecule has 0 bridgehead atoms. The van der Waals surface area contributed by atoms with Gasteiger partial charge in [0.1, 0.15) is 0 Å². The van der Waals surface area contributed by atoms with E-state index in [9.17, 15) is 4.21 Å². The Hall–Kier alpha value is -0.0900. The van der Waals surface area contributed by atoms with Gasteiger partial charge in [0.15, 0.2) is 0 Å². The van der Waals surface area contributed by atoms with Gasteiger partial charge in [-0.25, -0.2) is 4.21 Å². The fourth-order valence-corrected chi connectivity index (χ4v) is 4.07. The standard InChI is InChI=1S/C10H20N2OS/c1-12-5-3-10(4-6-12)7-9(8-10)14(2,11)13/h9,11H,3-8H2,1-2H3. The van der Waals surface area contributed by atoms with Gasteiger partial charge in [-0.1, -0.05) is 0 Å². The van der Waals surface area contributed by atoms with E-state index in [4.69, 9.17) is 4.78 Å². The molecule has 4 heteroatoms. The first kappa shape index (κ1) is 10.4. The largest absolute Gasteiger partial charge is 0.306 e. The maximum absolute atomic E-state index is 11.5. The molecule has 1 spiro atoms. The van der Waals surface area contributed by atoms with Crippen LogP contribution in [-0.2, 0) is 9.73 Å². The third-order valence-corrected chi connectivity index (χ3v) is 5.61. The Balaban J connectivity index is 1.93. The minimum absolute atomic E-state index is 0.186. The van der Waals surface area contributed by atoms with Crippen LogP contribution in [0, 0.1) is 10.2 Å². The fourth-order valence-electron chi connectivity index (χ4n) is 2.73. The van der Waals surface area contributed by atoms with Crippen LogP contribution in [0.25, 0.3) is 0 Å². The second-order valence-corrected chi connectivity index (χ2v) is 7.71. The molecule has 0 aromatic rings. The third kappa shape index (κ3) is 1.82. The minimum atomic E-state index is -2.27. The summed E-state index contributed by atoms with van der Waals surface area (Å²) in [7, 11) is -0.105. The molecule has 0 radical (unpaired) electrons. The smallest absolute Gasteiger partial charge is 0.0441 e. The first-order valence-corrected chi connectivity index (χ1v) is 7.35. The predicted molar refractivity (Wildman–Crippen MR) is 59.0 cm³/mol.